The minimum absolute atomic E-state index is 0.323. The lowest BCUT2D eigenvalue weighted by atomic mass is 10.1. The Labute approximate surface area is 61.0 Å². The van der Waals surface area contributed by atoms with Crippen molar-refractivity contribution in [3.63, 3.8) is 0 Å². The van der Waals surface area contributed by atoms with Gasteiger partial charge < -0.3 is 9.84 Å². The van der Waals surface area contributed by atoms with Crippen molar-refractivity contribution in [2.75, 3.05) is 13.7 Å². The molecule has 3 heteroatoms. The van der Waals surface area contributed by atoms with E-state index in [4.69, 9.17) is 9.84 Å². The summed E-state index contributed by atoms with van der Waals surface area (Å²) in [5, 5.41) is 8.56. The van der Waals surface area contributed by atoms with Gasteiger partial charge in [-0.3, -0.25) is 4.79 Å². The molecule has 3 nitrogen and oxygen atoms in total. The number of rotatable bonds is 5. The van der Waals surface area contributed by atoms with Crippen molar-refractivity contribution in [3.8, 4) is 0 Å². The molecular weight excluding hydrogens is 132 g/mol. The van der Waals surface area contributed by atoms with E-state index in [2.05, 4.69) is 0 Å². The van der Waals surface area contributed by atoms with E-state index in [9.17, 15) is 4.79 Å². The fraction of sp³-hybridized carbons (Fsp3) is 0.857. The topological polar surface area (TPSA) is 46.5 Å². The molecule has 0 aromatic rings. The summed E-state index contributed by atoms with van der Waals surface area (Å²) in [6.07, 6.45) is 1.59. The molecule has 0 spiro atoms. The van der Waals surface area contributed by atoms with Crippen molar-refractivity contribution in [1.29, 1.82) is 0 Å². The Bertz CT molecular complexity index is 95.0. The van der Waals surface area contributed by atoms with Crippen LogP contribution < -0.4 is 0 Å². The molecule has 0 heterocycles. The number of ether oxygens (including phenoxy) is 1. The van der Waals surface area contributed by atoms with Crippen LogP contribution in [-0.4, -0.2) is 24.8 Å². The second-order valence-electron chi connectivity index (χ2n) is 2.28. The molecule has 0 bridgehead atoms. The largest absolute Gasteiger partial charge is 0.481 e. The minimum Gasteiger partial charge on any atom is -0.481 e. The van der Waals surface area contributed by atoms with Crippen LogP contribution in [0.1, 0.15) is 19.8 Å². The summed E-state index contributed by atoms with van der Waals surface area (Å²) in [4.78, 5) is 10.4. The predicted octanol–water partition coefficient (Wildman–Crippen LogP) is 1.13. The van der Waals surface area contributed by atoms with E-state index in [-0.39, 0.29) is 5.92 Å². The fourth-order valence-electron chi connectivity index (χ4n) is 0.828. The monoisotopic (exact) mass is 146 g/mol. The van der Waals surface area contributed by atoms with E-state index in [0.29, 0.717) is 13.0 Å². The lowest BCUT2D eigenvalue weighted by Gasteiger charge is -2.08. The third-order valence-electron chi connectivity index (χ3n) is 1.35. The normalized spacial score (nSPS) is 13.0. The number of methoxy groups -OCH3 is 1. The summed E-state index contributed by atoms with van der Waals surface area (Å²) in [6.45, 7) is 2.29. The molecular formula is C7H14O3. The Morgan fingerprint density at radius 2 is 2.30 bits per heavy atom. The summed E-state index contributed by atoms with van der Waals surface area (Å²) >= 11 is 0. The first kappa shape index (κ1) is 9.43. The highest BCUT2D eigenvalue weighted by Gasteiger charge is 2.14. The number of aliphatic carboxylic acids is 1. The van der Waals surface area contributed by atoms with Gasteiger partial charge in [-0.1, -0.05) is 13.3 Å². The molecule has 60 valence electrons. The van der Waals surface area contributed by atoms with Crippen LogP contribution in [0.25, 0.3) is 0 Å². The molecule has 1 atom stereocenters. The average Bonchev–Trinajstić information content (AvgIpc) is 1.87. The van der Waals surface area contributed by atoms with E-state index in [1.54, 1.807) is 0 Å². The quantitative estimate of drug-likeness (QED) is 0.632. The van der Waals surface area contributed by atoms with Crippen LogP contribution in [0.3, 0.4) is 0 Å². The predicted molar refractivity (Wildman–Crippen MR) is 37.9 cm³/mol. The third-order valence-corrected chi connectivity index (χ3v) is 1.35. The van der Waals surface area contributed by atoms with Gasteiger partial charge in [-0.05, 0) is 6.42 Å². The Morgan fingerprint density at radius 3 is 2.60 bits per heavy atom. The molecule has 0 radical (unpaired) electrons. The van der Waals surface area contributed by atoms with Gasteiger partial charge in [0.15, 0.2) is 0 Å². The van der Waals surface area contributed by atoms with Crippen molar-refractivity contribution in [3.05, 3.63) is 0 Å². The summed E-state index contributed by atoms with van der Waals surface area (Å²) < 4.78 is 4.74. The highest BCUT2D eigenvalue weighted by molar-refractivity contribution is 5.70. The molecule has 0 aliphatic heterocycles. The SMILES string of the molecule is CCC[C@H](COC)C(=O)O. The zero-order valence-electron chi connectivity index (χ0n) is 6.46. The molecule has 0 rings (SSSR count). The van der Waals surface area contributed by atoms with Gasteiger partial charge in [0, 0.05) is 7.11 Å². The first-order valence-corrected chi connectivity index (χ1v) is 3.44. The summed E-state index contributed by atoms with van der Waals surface area (Å²) in [5.41, 5.74) is 0. The lowest BCUT2D eigenvalue weighted by molar-refractivity contribution is -0.143. The Balaban J connectivity index is 3.61. The van der Waals surface area contributed by atoms with Crippen LogP contribution in [0.2, 0.25) is 0 Å². The maximum absolute atomic E-state index is 10.4. The molecule has 0 amide bonds. The number of carboxylic acids is 1. The molecule has 0 aromatic heterocycles. The molecule has 0 saturated heterocycles. The van der Waals surface area contributed by atoms with Crippen LogP contribution >= 0.6 is 0 Å². The van der Waals surface area contributed by atoms with Crippen LogP contribution in [0.5, 0.6) is 0 Å². The summed E-state index contributed by atoms with van der Waals surface area (Å²) in [6, 6.07) is 0. The van der Waals surface area contributed by atoms with Crippen LogP contribution in [0, 0.1) is 5.92 Å². The Kier molecular flexibility index (Phi) is 4.94. The van der Waals surface area contributed by atoms with E-state index in [1.807, 2.05) is 6.92 Å². The standard InChI is InChI=1S/C7H14O3/c1-3-4-6(5-10-2)7(8)9/h6H,3-5H2,1-2H3,(H,8,9)/t6-/m1/s1. The average molecular weight is 146 g/mol. The van der Waals surface area contributed by atoms with Crippen molar-refractivity contribution >= 4 is 5.97 Å². The minimum atomic E-state index is -0.760. The first-order valence-electron chi connectivity index (χ1n) is 3.44. The van der Waals surface area contributed by atoms with Gasteiger partial charge in [-0.25, -0.2) is 0 Å². The van der Waals surface area contributed by atoms with Gasteiger partial charge in [0.05, 0.1) is 12.5 Å². The molecule has 1 N–H and O–H groups in total. The molecule has 0 fully saturated rings. The smallest absolute Gasteiger partial charge is 0.308 e. The van der Waals surface area contributed by atoms with Crippen molar-refractivity contribution in [2.45, 2.75) is 19.8 Å². The highest BCUT2D eigenvalue weighted by Crippen LogP contribution is 2.05. The van der Waals surface area contributed by atoms with E-state index >= 15 is 0 Å². The van der Waals surface area contributed by atoms with E-state index in [1.165, 1.54) is 7.11 Å². The van der Waals surface area contributed by atoms with Crippen LogP contribution in [0.15, 0.2) is 0 Å². The van der Waals surface area contributed by atoms with Crippen LogP contribution in [0.4, 0.5) is 0 Å². The molecule has 0 unspecified atom stereocenters. The second kappa shape index (κ2) is 5.23. The van der Waals surface area contributed by atoms with Crippen molar-refractivity contribution < 1.29 is 14.6 Å². The maximum atomic E-state index is 10.4. The van der Waals surface area contributed by atoms with Crippen LogP contribution in [-0.2, 0) is 9.53 Å². The second-order valence-corrected chi connectivity index (χ2v) is 2.28. The zero-order chi connectivity index (χ0) is 7.98. The molecule has 0 aliphatic carbocycles. The molecule has 0 aliphatic rings. The van der Waals surface area contributed by atoms with E-state index in [0.717, 1.165) is 6.42 Å². The number of carboxylic acid groups (broad SMARTS) is 1. The summed E-state index contributed by atoms with van der Waals surface area (Å²) in [7, 11) is 1.52. The Morgan fingerprint density at radius 1 is 1.70 bits per heavy atom. The van der Waals surface area contributed by atoms with E-state index < -0.39 is 5.97 Å². The Hall–Kier alpha value is -0.570. The molecule has 10 heavy (non-hydrogen) atoms. The van der Waals surface area contributed by atoms with Crippen molar-refractivity contribution in [2.24, 2.45) is 5.92 Å². The van der Waals surface area contributed by atoms with Gasteiger partial charge in [-0.15, -0.1) is 0 Å². The summed E-state index contributed by atoms with van der Waals surface area (Å²) in [5.74, 6) is -1.08. The van der Waals surface area contributed by atoms with Gasteiger partial charge in [0.25, 0.3) is 0 Å². The van der Waals surface area contributed by atoms with Gasteiger partial charge in [0.2, 0.25) is 0 Å². The van der Waals surface area contributed by atoms with Crippen molar-refractivity contribution in [1.82, 2.24) is 0 Å². The highest BCUT2D eigenvalue weighted by atomic mass is 16.5. The fourth-order valence-corrected chi connectivity index (χ4v) is 0.828. The number of hydrogen-bond acceptors (Lipinski definition) is 2. The zero-order valence-corrected chi connectivity index (χ0v) is 6.46. The maximum Gasteiger partial charge on any atom is 0.308 e. The molecule has 0 aromatic carbocycles. The van der Waals surface area contributed by atoms with Gasteiger partial charge in [-0.2, -0.15) is 0 Å². The van der Waals surface area contributed by atoms with Gasteiger partial charge >= 0.3 is 5.97 Å². The number of carbonyl (C=O) groups is 1. The number of hydrogen-bond donors (Lipinski definition) is 1. The molecule has 0 saturated carbocycles. The third kappa shape index (κ3) is 3.45. The first-order chi connectivity index (χ1) is 4.72. The van der Waals surface area contributed by atoms with Gasteiger partial charge in [0.1, 0.15) is 0 Å². The lowest BCUT2D eigenvalue weighted by Crippen LogP contribution is -2.18.